The van der Waals surface area contributed by atoms with Crippen molar-refractivity contribution in [2.24, 2.45) is 0 Å². The number of rotatable bonds is 7. The molecular formula is C18H20ClNO4S. The van der Waals surface area contributed by atoms with Crippen LogP contribution in [-0.4, -0.2) is 32.5 Å². The van der Waals surface area contributed by atoms with Crippen molar-refractivity contribution in [1.82, 2.24) is 0 Å². The summed E-state index contributed by atoms with van der Waals surface area (Å²) in [5.74, 6) is 1.67. The molecule has 1 atom stereocenters. The van der Waals surface area contributed by atoms with Gasteiger partial charge in [-0.3, -0.25) is 4.79 Å². The third-order valence-electron chi connectivity index (χ3n) is 3.46. The first kappa shape index (κ1) is 19.3. The molecule has 134 valence electrons. The minimum Gasteiger partial charge on any atom is -0.495 e. The lowest BCUT2D eigenvalue weighted by atomic mass is 10.3. The van der Waals surface area contributed by atoms with Gasteiger partial charge in [-0.05, 0) is 43.3 Å². The first-order valence-electron chi connectivity index (χ1n) is 7.51. The summed E-state index contributed by atoms with van der Waals surface area (Å²) in [4.78, 5) is 13.4. The Morgan fingerprint density at radius 3 is 2.28 bits per heavy atom. The van der Waals surface area contributed by atoms with E-state index in [1.54, 1.807) is 39.5 Å². The molecule has 25 heavy (non-hydrogen) atoms. The van der Waals surface area contributed by atoms with Gasteiger partial charge in [0.2, 0.25) is 5.91 Å². The highest BCUT2D eigenvalue weighted by Crippen LogP contribution is 2.34. The lowest BCUT2D eigenvalue weighted by molar-refractivity contribution is -0.115. The van der Waals surface area contributed by atoms with Gasteiger partial charge in [0, 0.05) is 9.92 Å². The van der Waals surface area contributed by atoms with Gasteiger partial charge in [0.1, 0.15) is 5.75 Å². The van der Waals surface area contributed by atoms with E-state index in [1.807, 2.05) is 25.1 Å². The molecule has 0 saturated carbocycles. The fourth-order valence-corrected chi connectivity index (χ4v) is 3.23. The average Bonchev–Trinajstić information content (AvgIpc) is 2.61. The Morgan fingerprint density at radius 1 is 1.00 bits per heavy atom. The Hall–Kier alpha value is -2.05. The van der Waals surface area contributed by atoms with Crippen LogP contribution < -0.4 is 19.5 Å². The molecule has 0 heterocycles. The number of halogens is 1. The maximum atomic E-state index is 12.5. The van der Waals surface area contributed by atoms with E-state index in [-0.39, 0.29) is 11.2 Å². The van der Waals surface area contributed by atoms with Crippen molar-refractivity contribution >= 4 is 35.0 Å². The van der Waals surface area contributed by atoms with Crippen LogP contribution in [0, 0.1) is 0 Å². The molecule has 5 nitrogen and oxygen atoms in total. The molecule has 0 fully saturated rings. The number of anilines is 1. The predicted octanol–water partition coefficient (Wildman–Crippen LogP) is 4.49. The number of thioether (sulfide) groups is 1. The smallest absolute Gasteiger partial charge is 0.237 e. The molecule has 2 aromatic rings. The van der Waals surface area contributed by atoms with E-state index in [9.17, 15) is 4.79 Å². The highest BCUT2D eigenvalue weighted by Gasteiger charge is 2.17. The molecule has 1 unspecified atom stereocenters. The summed E-state index contributed by atoms with van der Waals surface area (Å²) in [6, 6.07) is 10.6. The molecule has 0 aliphatic carbocycles. The number of carbonyl (C=O) groups excluding carboxylic acids is 1. The Labute approximate surface area is 156 Å². The third kappa shape index (κ3) is 4.96. The van der Waals surface area contributed by atoms with E-state index in [4.69, 9.17) is 25.8 Å². The molecule has 0 aliphatic heterocycles. The lowest BCUT2D eigenvalue weighted by Crippen LogP contribution is -2.22. The monoisotopic (exact) mass is 381 g/mol. The van der Waals surface area contributed by atoms with Crippen molar-refractivity contribution in [3.8, 4) is 17.2 Å². The molecule has 0 radical (unpaired) electrons. The standard InChI is InChI=1S/C18H20ClNO4S/c1-11(25-13-6-8-16(23-3)17(10-13)24-4)18(21)20-14-9-12(19)5-7-15(14)22-2/h5-11H,1-4H3,(H,20,21). The predicted molar refractivity (Wildman–Crippen MR) is 101 cm³/mol. The second kappa shape index (κ2) is 8.87. The highest BCUT2D eigenvalue weighted by molar-refractivity contribution is 8.00. The molecule has 1 amide bonds. The second-order valence-corrected chi connectivity index (χ2v) is 6.96. The van der Waals surface area contributed by atoms with E-state index in [0.29, 0.717) is 28.0 Å². The first-order valence-corrected chi connectivity index (χ1v) is 8.77. The molecule has 0 aliphatic rings. The number of hydrogen-bond donors (Lipinski definition) is 1. The maximum absolute atomic E-state index is 12.5. The van der Waals surface area contributed by atoms with Crippen LogP contribution in [0.5, 0.6) is 17.2 Å². The third-order valence-corrected chi connectivity index (χ3v) is 4.79. The molecule has 0 aromatic heterocycles. The number of methoxy groups -OCH3 is 3. The summed E-state index contributed by atoms with van der Waals surface area (Å²) in [6.45, 7) is 1.83. The van der Waals surface area contributed by atoms with Gasteiger partial charge in [-0.25, -0.2) is 0 Å². The summed E-state index contributed by atoms with van der Waals surface area (Å²) in [6.07, 6.45) is 0. The van der Waals surface area contributed by atoms with E-state index < -0.39 is 0 Å². The van der Waals surface area contributed by atoms with E-state index in [2.05, 4.69) is 5.32 Å². The summed E-state index contributed by atoms with van der Waals surface area (Å²) >= 11 is 7.41. The Morgan fingerprint density at radius 2 is 1.64 bits per heavy atom. The minimum atomic E-state index is -0.332. The quantitative estimate of drug-likeness (QED) is 0.716. The Kier molecular flexibility index (Phi) is 6.84. The van der Waals surface area contributed by atoms with Crippen molar-refractivity contribution in [3.05, 3.63) is 41.4 Å². The topological polar surface area (TPSA) is 56.8 Å². The molecule has 2 rings (SSSR count). The zero-order valence-corrected chi connectivity index (χ0v) is 16.0. The van der Waals surface area contributed by atoms with Crippen LogP contribution in [0.3, 0.4) is 0 Å². The van der Waals surface area contributed by atoms with Crippen LogP contribution in [0.4, 0.5) is 5.69 Å². The Balaban J connectivity index is 2.09. The normalized spacial score (nSPS) is 11.6. The van der Waals surface area contributed by atoms with Crippen molar-refractivity contribution in [2.75, 3.05) is 26.6 Å². The van der Waals surface area contributed by atoms with Gasteiger partial charge in [0.15, 0.2) is 11.5 Å². The molecule has 0 saturated heterocycles. The van der Waals surface area contributed by atoms with Crippen LogP contribution >= 0.6 is 23.4 Å². The molecule has 0 spiro atoms. The number of nitrogens with one attached hydrogen (secondary N) is 1. The Bertz CT molecular complexity index is 754. The average molecular weight is 382 g/mol. The van der Waals surface area contributed by atoms with Crippen LogP contribution in [0.25, 0.3) is 0 Å². The maximum Gasteiger partial charge on any atom is 0.237 e. The van der Waals surface area contributed by atoms with Crippen molar-refractivity contribution in [3.63, 3.8) is 0 Å². The van der Waals surface area contributed by atoms with Gasteiger partial charge in [0.05, 0.1) is 32.3 Å². The minimum absolute atomic E-state index is 0.152. The van der Waals surface area contributed by atoms with E-state index in [0.717, 1.165) is 4.90 Å². The summed E-state index contributed by atoms with van der Waals surface area (Å²) < 4.78 is 15.8. The van der Waals surface area contributed by atoms with Gasteiger partial charge in [-0.15, -0.1) is 11.8 Å². The zero-order chi connectivity index (χ0) is 18.4. The molecule has 0 bridgehead atoms. The van der Waals surface area contributed by atoms with Crippen LogP contribution in [0.2, 0.25) is 5.02 Å². The van der Waals surface area contributed by atoms with Crippen molar-refractivity contribution in [2.45, 2.75) is 17.1 Å². The van der Waals surface area contributed by atoms with E-state index in [1.165, 1.54) is 11.8 Å². The fraction of sp³-hybridized carbons (Fsp3) is 0.278. The largest absolute Gasteiger partial charge is 0.495 e. The summed E-state index contributed by atoms with van der Waals surface area (Å²) in [7, 11) is 4.70. The SMILES string of the molecule is COc1ccc(Cl)cc1NC(=O)C(C)Sc1ccc(OC)c(OC)c1. The summed E-state index contributed by atoms with van der Waals surface area (Å²) in [5, 5.41) is 3.04. The van der Waals surface area contributed by atoms with Crippen LogP contribution in [-0.2, 0) is 4.79 Å². The van der Waals surface area contributed by atoms with Gasteiger partial charge in [0.25, 0.3) is 0 Å². The fourth-order valence-electron chi connectivity index (χ4n) is 2.16. The number of hydrogen-bond acceptors (Lipinski definition) is 5. The van der Waals surface area contributed by atoms with E-state index >= 15 is 0 Å². The summed E-state index contributed by atoms with van der Waals surface area (Å²) in [5.41, 5.74) is 0.541. The number of carbonyl (C=O) groups is 1. The van der Waals surface area contributed by atoms with Crippen LogP contribution in [0.15, 0.2) is 41.3 Å². The van der Waals surface area contributed by atoms with Gasteiger partial charge < -0.3 is 19.5 Å². The van der Waals surface area contributed by atoms with Gasteiger partial charge in [-0.1, -0.05) is 11.6 Å². The van der Waals surface area contributed by atoms with Crippen LogP contribution in [0.1, 0.15) is 6.92 Å². The lowest BCUT2D eigenvalue weighted by Gasteiger charge is -2.15. The number of ether oxygens (including phenoxy) is 3. The molecular weight excluding hydrogens is 362 g/mol. The molecule has 1 N–H and O–H groups in total. The zero-order valence-electron chi connectivity index (χ0n) is 14.5. The number of benzene rings is 2. The first-order chi connectivity index (χ1) is 12.0. The van der Waals surface area contributed by atoms with Crippen molar-refractivity contribution in [1.29, 1.82) is 0 Å². The van der Waals surface area contributed by atoms with Crippen molar-refractivity contribution < 1.29 is 19.0 Å². The van der Waals surface area contributed by atoms with Gasteiger partial charge in [-0.2, -0.15) is 0 Å². The number of amides is 1. The highest BCUT2D eigenvalue weighted by atomic mass is 35.5. The van der Waals surface area contributed by atoms with Gasteiger partial charge >= 0.3 is 0 Å². The molecule has 2 aromatic carbocycles. The second-order valence-electron chi connectivity index (χ2n) is 5.11. The molecule has 7 heteroatoms.